The molecule has 21 heavy (non-hydrogen) atoms. The number of ether oxygens (including phenoxy) is 1. The quantitative estimate of drug-likeness (QED) is 0.797. The maximum atomic E-state index is 12.1. The van der Waals surface area contributed by atoms with Crippen molar-refractivity contribution in [3.8, 4) is 0 Å². The number of pyridine rings is 1. The molecule has 0 saturated carbocycles. The highest BCUT2D eigenvalue weighted by Crippen LogP contribution is 2.22. The van der Waals surface area contributed by atoms with Crippen LogP contribution in [0.25, 0.3) is 10.9 Å². The molecule has 0 atom stereocenters. The zero-order valence-electron chi connectivity index (χ0n) is 12.1. The Morgan fingerprint density at radius 3 is 2.95 bits per heavy atom. The molecule has 0 aliphatic carbocycles. The van der Waals surface area contributed by atoms with Crippen LogP contribution >= 0.6 is 11.6 Å². The maximum Gasteiger partial charge on any atom is 0.269 e. The largest absolute Gasteiger partial charge is 0.381 e. The lowest BCUT2D eigenvalue weighted by atomic mass is 10.2. The van der Waals surface area contributed by atoms with Crippen LogP contribution in [-0.2, 0) is 4.74 Å². The van der Waals surface area contributed by atoms with Crippen LogP contribution in [0.15, 0.2) is 30.3 Å². The smallest absolute Gasteiger partial charge is 0.269 e. The van der Waals surface area contributed by atoms with Crippen LogP contribution in [0.4, 0.5) is 0 Å². The van der Waals surface area contributed by atoms with Crippen LogP contribution in [0.3, 0.4) is 0 Å². The first-order chi connectivity index (χ1) is 10.2. The highest BCUT2D eigenvalue weighted by atomic mass is 35.5. The fraction of sp³-hybridized carbons (Fsp3) is 0.375. The first kappa shape index (κ1) is 15.7. The summed E-state index contributed by atoms with van der Waals surface area (Å²) < 4.78 is 5.36. The number of fused-ring (bicyclic) bond motifs is 1. The normalized spacial score (nSPS) is 10.8. The zero-order chi connectivity index (χ0) is 15.1. The second-order valence-electron chi connectivity index (χ2n) is 4.73. The predicted molar refractivity (Wildman–Crippen MR) is 84.8 cm³/mol. The monoisotopic (exact) mass is 306 g/mol. The highest BCUT2D eigenvalue weighted by Gasteiger charge is 2.10. The molecule has 2 aromatic rings. The molecular weight excluding hydrogens is 288 g/mol. The van der Waals surface area contributed by atoms with E-state index in [0.717, 1.165) is 30.4 Å². The van der Waals surface area contributed by atoms with E-state index in [4.69, 9.17) is 16.3 Å². The van der Waals surface area contributed by atoms with Crippen LogP contribution in [0, 0.1) is 0 Å². The van der Waals surface area contributed by atoms with Gasteiger partial charge in [-0.15, -0.1) is 0 Å². The number of para-hydroxylation sites is 1. The maximum absolute atomic E-state index is 12.1. The van der Waals surface area contributed by atoms with E-state index in [-0.39, 0.29) is 5.91 Å². The number of nitrogens with zero attached hydrogens (tertiary/aromatic N) is 1. The molecule has 112 valence electrons. The van der Waals surface area contributed by atoms with Gasteiger partial charge in [0.05, 0.1) is 10.5 Å². The first-order valence-corrected chi connectivity index (χ1v) is 7.51. The molecule has 0 fully saturated rings. The summed E-state index contributed by atoms with van der Waals surface area (Å²) in [6.45, 7) is 4.04. The number of aromatic nitrogens is 1. The van der Waals surface area contributed by atoms with E-state index < -0.39 is 0 Å². The summed E-state index contributed by atoms with van der Waals surface area (Å²) in [5, 5.41) is 4.22. The standard InChI is InChI=1S/C16H19ClN2O2/c1-2-9-21-10-5-8-18-16(20)15-11-13(17)12-6-3-4-7-14(12)19-15/h3-4,6-7,11H,2,5,8-10H2,1H3,(H,18,20). The van der Waals surface area contributed by atoms with Crippen molar-refractivity contribution in [2.24, 2.45) is 0 Å². The summed E-state index contributed by atoms with van der Waals surface area (Å²) in [4.78, 5) is 16.4. The van der Waals surface area contributed by atoms with Gasteiger partial charge in [-0.3, -0.25) is 4.79 Å². The number of nitrogens with one attached hydrogen (secondary N) is 1. The third-order valence-corrected chi connectivity index (χ3v) is 3.31. The van der Waals surface area contributed by atoms with Gasteiger partial charge in [0, 0.05) is 25.1 Å². The van der Waals surface area contributed by atoms with Crippen molar-refractivity contribution in [1.82, 2.24) is 10.3 Å². The Bertz CT molecular complexity index is 616. The van der Waals surface area contributed by atoms with Gasteiger partial charge in [-0.25, -0.2) is 4.98 Å². The summed E-state index contributed by atoms with van der Waals surface area (Å²) >= 11 is 6.18. The Morgan fingerprint density at radius 2 is 2.14 bits per heavy atom. The van der Waals surface area contributed by atoms with Crippen molar-refractivity contribution in [3.63, 3.8) is 0 Å². The van der Waals surface area contributed by atoms with Gasteiger partial charge in [0.2, 0.25) is 0 Å². The molecule has 0 aliphatic rings. The van der Waals surface area contributed by atoms with E-state index >= 15 is 0 Å². The molecule has 1 aromatic heterocycles. The number of hydrogen-bond acceptors (Lipinski definition) is 3. The van der Waals surface area contributed by atoms with E-state index in [9.17, 15) is 4.79 Å². The average Bonchev–Trinajstić information content (AvgIpc) is 2.50. The van der Waals surface area contributed by atoms with Gasteiger partial charge in [-0.2, -0.15) is 0 Å². The average molecular weight is 307 g/mol. The lowest BCUT2D eigenvalue weighted by Crippen LogP contribution is -2.26. The van der Waals surface area contributed by atoms with Gasteiger partial charge in [0.15, 0.2) is 0 Å². The van der Waals surface area contributed by atoms with Crippen molar-refractivity contribution in [2.75, 3.05) is 19.8 Å². The van der Waals surface area contributed by atoms with Crippen molar-refractivity contribution < 1.29 is 9.53 Å². The summed E-state index contributed by atoms with van der Waals surface area (Å²) in [5.41, 5.74) is 1.06. The van der Waals surface area contributed by atoms with Crippen LogP contribution < -0.4 is 5.32 Å². The molecule has 0 radical (unpaired) electrons. The van der Waals surface area contributed by atoms with Crippen molar-refractivity contribution in [3.05, 3.63) is 41.0 Å². The molecule has 0 spiro atoms. The Kier molecular flexibility index (Phi) is 5.96. The molecule has 4 nitrogen and oxygen atoms in total. The molecule has 0 saturated heterocycles. The van der Waals surface area contributed by atoms with E-state index in [1.54, 1.807) is 6.07 Å². The minimum atomic E-state index is -0.210. The van der Waals surface area contributed by atoms with Gasteiger partial charge in [-0.1, -0.05) is 36.7 Å². The molecule has 2 rings (SSSR count). The Hall–Kier alpha value is -1.65. The van der Waals surface area contributed by atoms with E-state index in [1.807, 2.05) is 24.3 Å². The summed E-state index contributed by atoms with van der Waals surface area (Å²) in [6.07, 6.45) is 1.79. The molecule has 0 aliphatic heterocycles. The highest BCUT2D eigenvalue weighted by molar-refractivity contribution is 6.35. The van der Waals surface area contributed by atoms with Crippen LogP contribution in [0.1, 0.15) is 30.3 Å². The van der Waals surface area contributed by atoms with Crippen LogP contribution in [-0.4, -0.2) is 30.6 Å². The van der Waals surface area contributed by atoms with E-state index in [0.29, 0.717) is 23.9 Å². The third-order valence-electron chi connectivity index (χ3n) is 3.00. The van der Waals surface area contributed by atoms with E-state index in [2.05, 4.69) is 17.2 Å². The molecule has 0 bridgehead atoms. The first-order valence-electron chi connectivity index (χ1n) is 7.13. The van der Waals surface area contributed by atoms with Crippen LogP contribution in [0.5, 0.6) is 0 Å². The Balaban J connectivity index is 1.93. The topological polar surface area (TPSA) is 51.2 Å². The molecule has 0 unspecified atom stereocenters. The number of rotatable bonds is 7. The Morgan fingerprint density at radius 1 is 1.33 bits per heavy atom. The molecule has 1 aromatic carbocycles. The molecule has 1 heterocycles. The lowest BCUT2D eigenvalue weighted by molar-refractivity contribution is 0.0937. The second kappa shape index (κ2) is 7.96. The minimum absolute atomic E-state index is 0.210. The lowest BCUT2D eigenvalue weighted by Gasteiger charge is -2.07. The fourth-order valence-corrected chi connectivity index (χ4v) is 2.23. The van der Waals surface area contributed by atoms with Crippen LogP contribution in [0.2, 0.25) is 5.02 Å². The minimum Gasteiger partial charge on any atom is -0.381 e. The number of amides is 1. The van der Waals surface area contributed by atoms with Gasteiger partial charge in [0.25, 0.3) is 5.91 Å². The molecule has 5 heteroatoms. The molecular formula is C16H19ClN2O2. The number of carbonyl (C=O) groups is 1. The number of benzene rings is 1. The number of hydrogen-bond donors (Lipinski definition) is 1. The van der Waals surface area contributed by atoms with E-state index in [1.165, 1.54) is 0 Å². The summed E-state index contributed by atoms with van der Waals surface area (Å²) in [6, 6.07) is 9.10. The number of carbonyl (C=O) groups excluding carboxylic acids is 1. The SMILES string of the molecule is CCCOCCCNC(=O)c1cc(Cl)c2ccccc2n1. The molecule has 1 amide bonds. The zero-order valence-corrected chi connectivity index (χ0v) is 12.8. The second-order valence-corrected chi connectivity index (χ2v) is 5.14. The van der Waals surface area contributed by atoms with Crippen molar-refractivity contribution in [2.45, 2.75) is 19.8 Å². The van der Waals surface area contributed by atoms with Gasteiger partial charge in [-0.05, 0) is 25.0 Å². The predicted octanol–water partition coefficient (Wildman–Crippen LogP) is 3.43. The van der Waals surface area contributed by atoms with Crippen molar-refractivity contribution in [1.29, 1.82) is 0 Å². The van der Waals surface area contributed by atoms with Gasteiger partial charge in [0.1, 0.15) is 5.69 Å². The van der Waals surface area contributed by atoms with Gasteiger partial charge < -0.3 is 10.1 Å². The molecule has 1 N–H and O–H groups in total. The fourth-order valence-electron chi connectivity index (χ4n) is 1.96. The Labute approximate surface area is 129 Å². The van der Waals surface area contributed by atoms with Crippen molar-refractivity contribution >= 4 is 28.4 Å². The number of halogens is 1. The summed E-state index contributed by atoms with van der Waals surface area (Å²) in [7, 11) is 0. The van der Waals surface area contributed by atoms with Gasteiger partial charge >= 0.3 is 0 Å². The summed E-state index contributed by atoms with van der Waals surface area (Å²) in [5.74, 6) is -0.210. The third kappa shape index (κ3) is 4.41.